The molecule has 1 atom stereocenters. The number of fused-ring (bicyclic) bond motifs is 1. The van der Waals surface area contributed by atoms with Gasteiger partial charge in [0.25, 0.3) is 0 Å². The summed E-state index contributed by atoms with van der Waals surface area (Å²) in [5.74, 6) is 0.850. The molecule has 0 aliphatic heterocycles. The van der Waals surface area contributed by atoms with Crippen molar-refractivity contribution >= 4 is 34.0 Å². The van der Waals surface area contributed by atoms with Crippen molar-refractivity contribution in [1.29, 1.82) is 0 Å². The second kappa shape index (κ2) is 6.16. The number of hydrogen-bond donors (Lipinski definition) is 0. The van der Waals surface area contributed by atoms with E-state index in [0.717, 1.165) is 24.2 Å². The number of halogens is 2. The van der Waals surface area contributed by atoms with Crippen molar-refractivity contribution in [2.75, 3.05) is 0 Å². The average molecular weight is 323 g/mol. The molecule has 3 rings (SSSR count). The van der Waals surface area contributed by atoms with Crippen LogP contribution in [0.3, 0.4) is 0 Å². The molecule has 3 aromatic rings. The molecule has 0 saturated carbocycles. The zero-order valence-electron chi connectivity index (χ0n) is 11.7. The van der Waals surface area contributed by atoms with Crippen LogP contribution in [0.5, 0.6) is 0 Å². The summed E-state index contributed by atoms with van der Waals surface area (Å²) in [6, 6.07) is 9.15. The van der Waals surface area contributed by atoms with Gasteiger partial charge in [0.05, 0.1) is 23.0 Å². The molecular weight excluding hydrogens is 307 g/mol. The van der Waals surface area contributed by atoms with Gasteiger partial charge in [-0.2, -0.15) is 0 Å². The minimum atomic E-state index is -0.267. The summed E-state index contributed by atoms with van der Waals surface area (Å²) in [7, 11) is 0. The van der Waals surface area contributed by atoms with Gasteiger partial charge in [0.1, 0.15) is 11.6 Å². The lowest BCUT2D eigenvalue weighted by molar-refractivity contribution is 0.540. The Labute approximate surface area is 132 Å². The lowest BCUT2D eigenvalue weighted by Gasteiger charge is -2.20. The Hall–Kier alpha value is -1.39. The fourth-order valence-corrected chi connectivity index (χ4v) is 3.76. The fourth-order valence-electron chi connectivity index (χ4n) is 2.72. The van der Waals surface area contributed by atoms with E-state index in [9.17, 15) is 4.39 Å². The second-order valence-electron chi connectivity index (χ2n) is 4.98. The number of thiophene rings is 1. The minimum absolute atomic E-state index is 0.208. The standard InChI is InChI=1S/C16H16ClFN2S/c1-2-4-14(15-5-3-8-21-15)20-13-7-6-11(18)9-12(13)19-16(20)10-17/h3,5-9,14H,2,4,10H2,1H3. The summed E-state index contributed by atoms with van der Waals surface area (Å²) in [5, 5.41) is 2.08. The molecule has 0 N–H and O–H groups in total. The number of alkyl halides is 1. The molecule has 0 amide bonds. The first-order valence-corrected chi connectivity index (χ1v) is 8.41. The van der Waals surface area contributed by atoms with Crippen LogP contribution in [0, 0.1) is 5.82 Å². The van der Waals surface area contributed by atoms with E-state index >= 15 is 0 Å². The van der Waals surface area contributed by atoms with Crippen molar-refractivity contribution in [2.45, 2.75) is 31.7 Å². The largest absolute Gasteiger partial charge is 0.319 e. The van der Waals surface area contributed by atoms with Crippen molar-refractivity contribution in [3.63, 3.8) is 0 Å². The second-order valence-corrected chi connectivity index (χ2v) is 6.23. The van der Waals surface area contributed by atoms with Crippen molar-refractivity contribution in [3.05, 3.63) is 52.2 Å². The lowest BCUT2D eigenvalue weighted by atomic mass is 10.1. The van der Waals surface area contributed by atoms with E-state index in [2.05, 4.69) is 34.0 Å². The Balaban J connectivity index is 2.20. The molecule has 2 aromatic heterocycles. The lowest BCUT2D eigenvalue weighted by Crippen LogP contribution is -2.12. The van der Waals surface area contributed by atoms with Crippen LogP contribution in [0.2, 0.25) is 0 Å². The van der Waals surface area contributed by atoms with Gasteiger partial charge >= 0.3 is 0 Å². The van der Waals surface area contributed by atoms with E-state index in [0.29, 0.717) is 11.4 Å². The van der Waals surface area contributed by atoms with Crippen LogP contribution in [0.15, 0.2) is 35.7 Å². The van der Waals surface area contributed by atoms with E-state index in [1.165, 1.54) is 17.0 Å². The van der Waals surface area contributed by atoms with Gasteiger partial charge in [0, 0.05) is 10.9 Å². The number of imidazole rings is 1. The summed E-state index contributed by atoms with van der Waals surface area (Å²) in [4.78, 5) is 5.78. The fraction of sp³-hybridized carbons (Fsp3) is 0.312. The summed E-state index contributed by atoms with van der Waals surface area (Å²) in [5.41, 5.74) is 1.61. The smallest absolute Gasteiger partial charge is 0.125 e. The molecule has 0 aliphatic carbocycles. The number of benzene rings is 1. The highest BCUT2D eigenvalue weighted by molar-refractivity contribution is 7.10. The Kier molecular flexibility index (Phi) is 4.27. The van der Waals surface area contributed by atoms with Gasteiger partial charge in [-0.25, -0.2) is 9.37 Å². The van der Waals surface area contributed by atoms with Gasteiger partial charge in [-0.05, 0) is 30.0 Å². The quantitative estimate of drug-likeness (QED) is 0.578. The van der Waals surface area contributed by atoms with Gasteiger partial charge < -0.3 is 4.57 Å². The molecule has 5 heteroatoms. The monoisotopic (exact) mass is 322 g/mol. The van der Waals surface area contributed by atoms with Gasteiger partial charge in [-0.15, -0.1) is 22.9 Å². The number of hydrogen-bond acceptors (Lipinski definition) is 2. The highest BCUT2D eigenvalue weighted by atomic mass is 35.5. The Morgan fingerprint density at radius 1 is 1.38 bits per heavy atom. The van der Waals surface area contributed by atoms with Gasteiger partial charge in [-0.3, -0.25) is 0 Å². The molecule has 0 fully saturated rings. The summed E-state index contributed by atoms with van der Waals surface area (Å²) in [6.45, 7) is 2.17. The van der Waals surface area contributed by atoms with Crippen LogP contribution in [-0.4, -0.2) is 9.55 Å². The Bertz CT molecular complexity index is 736. The van der Waals surface area contributed by atoms with Crippen molar-refractivity contribution in [3.8, 4) is 0 Å². The SMILES string of the molecule is CCCC(c1cccs1)n1c(CCl)nc2cc(F)ccc21. The van der Waals surface area contributed by atoms with E-state index in [-0.39, 0.29) is 11.9 Å². The molecular formula is C16H16ClFN2S. The number of rotatable bonds is 5. The van der Waals surface area contributed by atoms with Gasteiger partial charge in [-0.1, -0.05) is 19.4 Å². The first kappa shape index (κ1) is 14.5. The maximum absolute atomic E-state index is 13.4. The Morgan fingerprint density at radius 2 is 2.24 bits per heavy atom. The third-order valence-corrected chi connectivity index (χ3v) is 4.80. The van der Waals surface area contributed by atoms with E-state index in [1.54, 1.807) is 17.4 Å². The van der Waals surface area contributed by atoms with Gasteiger partial charge in [0.2, 0.25) is 0 Å². The molecule has 0 saturated heterocycles. The molecule has 0 radical (unpaired) electrons. The first-order valence-electron chi connectivity index (χ1n) is 7.00. The molecule has 110 valence electrons. The van der Waals surface area contributed by atoms with Crippen LogP contribution in [-0.2, 0) is 5.88 Å². The average Bonchev–Trinajstić information content (AvgIpc) is 3.11. The zero-order valence-corrected chi connectivity index (χ0v) is 13.3. The highest BCUT2D eigenvalue weighted by Gasteiger charge is 2.20. The van der Waals surface area contributed by atoms with Crippen molar-refractivity contribution in [2.24, 2.45) is 0 Å². The van der Waals surface area contributed by atoms with Gasteiger partial charge in [0.15, 0.2) is 0 Å². The van der Waals surface area contributed by atoms with E-state index in [4.69, 9.17) is 11.6 Å². The molecule has 0 spiro atoms. The molecule has 1 aromatic carbocycles. The molecule has 21 heavy (non-hydrogen) atoms. The van der Waals surface area contributed by atoms with E-state index in [1.807, 2.05) is 0 Å². The predicted molar refractivity (Wildman–Crippen MR) is 86.6 cm³/mol. The van der Waals surface area contributed by atoms with Crippen LogP contribution in [0.1, 0.15) is 36.5 Å². The van der Waals surface area contributed by atoms with Crippen molar-refractivity contribution < 1.29 is 4.39 Å². The molecule has 0 aliphatic rings. The molecule has 0 bridgehead atoms. The maximum atomic E-state index is 13.4. The highest BCUT2D eigenvalue weighted by Crippen LogP contribution is 2.32. The minimum Gasteiger partial charge on any atom is -0.319 e. The molecule has 1 unspecified atom stereocenters. The zero-order chi connectivity index (χ0) is 14.8. The van der Waals surface area contributed by atoms with Crippen LogP contribution in [0.4, 0.5) is 4.39 Å². The number of aromatic nitrogens is 2. The normalized spacial score (nSPS) is 12.9. The topological polar surface area (TPSA) is 17.8 Å². The summed E-state index contributed by atoms with van der Waals surface area (Å²) in [6.07, 6.45) is 2.07. The number of nitrogens with zero attached hydrogens (tertiary/aromatic N) is 2. The van der Waals surface area contributed by atoms with E-state index < -0.39 is 0 Å². The summed E-state index contributed by atoms with van der Waals surface area (Å²) < 4.78 is 15.6. The van der Waals surface area contributed by atoms with Crippen LogP contribution in [0.25, 0.3) is 11.0 Å². The summed E-state index contributed by atoms with van der Waals surface area (Å²) >= 11 is 7.81. The predicted octanol–water partition coefficient (Wildman–Crippen LogP) is 5.37. The molecule has 2 heterocycles. The van der Waals surface area contributed by atoms with Crippen molar-refractivity contribution in [1.82, 2.24) is 9.55 Å². The maximum Gasteiger partial charge on any atom is 0.125 e. The third-order valence-electron chi connectivity index (χ3n) is 3.59. The van der Waals surface area contributed by atoms with Crippen LogP contribution < -0.4 is 0 Å². The molecule has 2 nitrogen and oxygen atoms in total. The third kappa shape index (κ3) is 2.70. The van der Waals surface area contributed by atoms with Crippen LogP contribution >= 0.6 is 22.9 Å². The first-order chi connectivity index (χ1) is 10.2. The Morgan fingerprint density at radius 3 is 2.90 bits per heavy atom.